The van der Waals surface area contributed by atoms with E-state index < -0.39 is 0 Å². The van der Waals surface area contributed by atoms with E-state index in [0.29, 0.717) is 90.4 Å². The Morgan fingerprint density at radius 3 is 1.38 bits per heavy atom. The summed E-state index contributed by atoms with van der Waals surface area (Å²) in [5, 5.41) is 29.0. The summed E-state index contributed by atoms with van der Waals surface area (Å²) in [6.07, 6.45) is 15.6. The molecule has 6 amide bonds. The number of aromatic nitrogens is 16. The molecule has 0 atom stereocenters. The number of imidazole rings is 3. The summed E-state index contributed by atoms with van der Waals surface area (Å²) in [6.45, 7) is 14.7. The van der Waals surface area contributed by atoms with Crippen LogP contribution >= 0.6 is 0 Å². The number of hydrogen-bond donors (Lipinski definition) is 9. The number of hydrogen-bond acceptors (Lipinski definition) is 13. The second-order valence-electron chi connectivity index (χ2n) is 21.8. The summed E-state index contributed by atoms with van der Waals surface area (Å²) < 4.78 is 9.62. The fourth-order valence-corrected chi connectivity index (χ4v) is 10.3. The van der Waals surface area contributed by atoms with Crippen molar-refractivity contribution in [2.24, 2.45) is 5.92 Å². The Morgan fingerprint density at radius 1 is 0.479 bits per heavy atom. The average molecular weight is 1270 g/mol. The molecule has 0 spiro atoms. The van der Waals surface area contributed by atoms with Crippen molar-refractivity contribution in [1.29, 1.82) is 0 Å². The number of anilines is 3. The van der Waals surface area contributed by atoms with Gasteiger partial charge in [-0.1, -0.05) is 50.2 Å². The number of carbonyl (C=O) groups is 3. The summed E-state index contributed by atoms with van der Waals surface area (Å²) >= 11 is 0. The number of amides is 6. The molecule has 9 heterocycles. The Balaban J connectivity index is 0.000000144. The van der Waals surface area contributed by atoms with Crippen LogP contribution in [0.2, 0.25) is 0 Å². The molecule has 0 radical (unpaired) electrons. The highest BCUT2D eigenvalue weighted by Crippen LogP contribution is 2.32. The number of nitrogens with one attached hydrogen (secondary N) is 9. The Hall–Kier alpha value is -12.5. The number of aryl methyl sites for hydroxylation is 1. The number of aromatic amines is 3. The number of fused-ring (bicyclic) bond motifs is 3. The molecule has 0 saturated carbocycles. The van der Waals surface area contributed by atoms with E-state index in [0.717, 1.165) is 55.8 Å². The van der Waals surface area contributed by atoms with Gasteiger partial charge >= 0.3 is 23.8 Å². The lowest BCUT2D eigenvalue weighted by molar-refractivity contribution is 0.251. The van der Waals surface area contributed by atoms with Crippen LogP contribution < -0.4 is 48.7 Å². The molecule has 0 aliphatic heterocycles. The van der Waals surface area contributed by atoms with Crippen molar-refractivity contribution < 1.29 is 14.4 Å². The second-order valence-corrected chi connectivity index (χ2v) is 21.8. The van der Waals surface area contributed by atoms with E-state index in [1.807, 2.05) is 149 Å². The first-order valence-electron chi connectivity index (χ1n) is 30.4. The van der Waals surface area contributed by atoms with Crippen LogP contribution in [0.15, 0.2) is 186 Å². The highest BCUT2D eigenvalue weighted by Gasteiger charge is 2.20. The quantitative estimate of drug-likeness (QED) is 0.0411. The highest BCUT2D eigenvalue weighted by molar-refractivity contribution is 5.97. The fourth-order valence-electron chi connectivity index (χ4n) is 10.3. The first-order valence-corrected chi connectivity index (χ1v) is 30.4. The number of pyridine rings is 3. The molecule has 478 valence electrons. The first kappa shape index (κ1) is 63.1. The molecule has 13 rings (SSSR count). The molecule has 28 heteroatoms. The molecule has 0 aliphatic rings. The Morgan fingerprint density at radius 2 is 0.957 bits per heavy atom. The zero-order chi connectivity index (χ0) is 65.8. The Kier molecular flexibility index (Phi) is 19.2. The van der Waals surface area contributed by atoms with Crippen molar-refractivity contribution in [3.05, 3.63) is 208 Å². The zero-order valence-electron chi connectivity index (χ0n) is 52.2. The monoisotopic (exact) mass is 1260 g/mol. The van der Waals surface area contributed by atoms with Gasteiger partial charge in [-0.2, -0.15) is 20.0 Å². The predicted octanol–water partition coefficient (Wildman–Crippen LogP) is 9.28. The normalized spacial score (nSPS) is 11.1. The molecule has 0 aliphatic carbocycles. The Bertz CT molecular complexity index is 4980. The Labute approximate surface area is 536 Å². The van der Waals surface area contributed by atoms with Gasteiger partial charge in [0.1, 0.15) is 22.9 Å². The average Bonchev–Trinajstić information content (AvgIpc) is 1.59. The van der Waals surface area contributed by atoms with Crippen molar-refractivity contribution in [1.82, 2.24) is 93.9 Å². The van der Waals surface area contributed by atoms with Crippen LogP contribution in [0.25, 0.3) is 83.5 Å². The van der Waals surface area contributed by atoms with Gasteiger partial charge < -0.3 is 40.0 Å². The first-order chi connectivity index (χ1) is 45.6. The van der Waals surface area contributed by atoms with E-state index in [2.05, 4.69) is 95.9 Å². The van der Waals surface area contributed by atoms with E-state index in [1.165, 1.54) is 15.6 Å². The van der Waals surface area contributed by atoms with Gasteiger partial charge in [0.2, 0.25) is 17.8 Å². The molecule has 28 nitrogen and oxygen atoms in total. The van der Waals surface area contributed by atoms with Gasteiger partial charge in [-0.25, -0.2) is 43.5 Å². The number of benzene rings is 4. The summed E-state index contributed by atoms with van der Waals surface area (Å²) in [5.41, 5.74) is 11.5. The van der Waals surface area contributed by atoms with Gasteiger partial charge in [0, 0.05) is 100.0 Å². The van der Waals surface area contributed by atoms with Gasteiger partial charge in [-0.15, -0.1) is 0 Å². The predicted molar refractivity (Wildman–Crippen MR) is 361 cm³/mol. The minimum atomic E-state index is -0.368. The van der Waals surface area contributed by atoms with Gasteiger partial charge in [0.25, 0.3) is 11.1 Å². The molecule has 0 bridgehead atoms. The standard InChI is InChI=1S/C25H23N7O2.C22H25N7O2.C19H20N8O2/c1-2-26-25(34)30-24-28-20-13-19(14-21(23(20)29-24)32-11-6-10-27-32)18-9-12-31(22(33)15-18)16-17-7-4-3-5-8-17;1-4-23-22(31)27-21-25-17-10-16(11-18(20(17)26-21)29-8-5-7-24-29)15-6-9-28(13-14(2)3)19(30)12-15;1-3-21-18(28)25-17-23-14-8-13(12-6-5-7-20-10-12)9-15(16(14)24-17)27-19(29)26(4-2)11-22-27/h3-15H,2,16H2,1H3,(H3,26,28,29,30,34);5-12,14H,4,13H2,1-3H3,(H3,23,25,26,27,31);5-11H,3-4H2,1-2H3,(H3,21,23,24,25,28). The topological polar surface area (TPSA) is 342 Å². The molecule has 0 fully saturated rings. The van der Waals surface area contributed by atoms with Gasteiger partial charge in [-0.05, 0) is 134 Å². The summed E-state index contributed by atoms with van der Waals surface area (Å²) in [7, 11) is 0. The molecule has 9 N–H and O–H groups in total. The van der Waals surface area contributed by atoms with Crippen LogP contribution in [0.1, 0.15) is 47.1 Å². The van der Waals surface area contributed by atoms with E-state index in [1.54, 1.807) is 61.6 Å². The second kappa shape index (κ2) is 28.6. The largest absolute Gasteiger partial charge is 0.350 e. The molecule has 94 heavy (non-hydrogen) atoms. The van der Waals surface area contributed by atoms with Crippen molar-refractivity contribution in [3.8, 4) is 50.4 Å². The summed E-state index contributed by atoms with van der Waals surface area (Å²) in [6, 6.07) is 34.8. The lowest BCUT2D eigenvalue weighted by Gasteiger charge is -2.11. The van der Waals surface area contributed by atoms with Gasteiger partial charge in [-0.3, -0.25) is 35.1 Å². The number of carbonyl (C=O) groups excluding carboxylic acids is 3. The van der Waals surface area contributed by atoms with E-state index >= 15 is 0 Å². The number of nitrogens with zero attached hydrogens (tertiary/aromatic N) is 13. The van der Waals surface area contributed by atoms with Crippen molar-refractivity contribution in [2.75, 3.05) is 35.6 Å². The molecular formula is C66H68N22O6. The number of rotatable bonds is 17. The van der Waals surface area contributed by atoms with Crippen LogP contribution in [-0.2, 0) is 19.6 Å². The minimum absolute atomic E-state index is 0.0462. The van der Waals surface area contributed by atoms with Crippen LogP contribution in [-0.4, -0.2) is 116 Å². The summed E-state index contributed by atoms with van der Waals surface area (Å²) in [4.78, 5) is 101. The maximum absolute atomic E-state index is 12.9. The SMILES string of the molecule is CCNC(=O)Nc1nc2c(-n3cccn3)cc(-c3ccn(CC(C)C)c(=O)c3)cc2[nH]1.CCNC(=O)Nc1nc2c(-n3cccn3)cc(-c3ccn(Cc4ccccc4)c(=O)c3)cc2[nH]1.CCNC(=O)Nc1nc2c(-n3ncn(CC)c3=O)cc(-c3cccnc3)cc2[nH]1. The maximum Gasteiger partial charge on any atom is 0.350 e. The number of H-pyrrole nitrogens is 3. The van der Waals surface area contributed by atoms with E-state index in [4.69, 9.17) is 0 Å². The highest BCUT2D eigenvalue weighted by atomic mass is 16.2. The van der Waals surface area contributed by atoms with Gasteiger partial charge in [0.05, 0.1) is 40.2 Å². The summed E-state index contributed by atoms with van der Waals surface area (Å²) in [5.74, 6) is 1.31. The van der Waals surface area contributed by atoms with E-state index in [9.17, 15) is 28.8 Å². The maximum atomic E-state index is 12.9. The van der Waals surface area contributed by atoms with Crippen LogP contribution in [0, 0.1) is 5.92 Å². The van der Waals surface area contributed by atoms with Crippen molar-refractivity contribution >= 4 is 69.0 Å². The molecule has 0 saturated heterocycles. The molecule has 13 aromatic rings. The van der Waals surface area contributed by atoms with Crippen LogP contribution in [0.4, 0.5) is 32.2 Å². The van der Waals surface area contributed by atoms with E-state index in [-0.39, 0.29) is 40.8 Å². The molecule has 9 aromatic heterocycles. The van der Waals surface area contributed by atoms with Gasteiger partial charge in [0.15, 0.2) is 0 Å². The third-order valence-electron chi connectivity index (χ3n) is 14.6. The lowest BCUT2D eigenvalue weighted by atomic mass is 10.0. The zero-order valence-corrected chi connectivity index (χ0v) is 52.2. The molecular weight excluding hydrogens is 1200 g/mol. The smallest absolute Gasteiger partial charge is 0.338 e. The third-order valence-corrected chi connectivity index (χ3v) is 14.6. The fraction of sp³-hybridized carbons (Fsp3) is 0.197. The number of urea groups is 3. The minimum Gasteiger partial charge on any atom is -0.338 e. The molecule has 0 unspecified atom stereocenters. The molecule has 4 aromatic carbocycles. The van der Waals surface area contributed by atoms with Crippen molar-refractivity contribution in [3.63, 3.8) is 0 Å². The van der Waals surface area contributed by atoms with Crippen LogP contribution in [0.3, 0.4) is 0 Å². The third kappa shape index (κ3) is 14.6. The van der Waals surface area contributed by atoms with Crippen LogP contribution in [0.5, 0.6) is 0 Å². The van der Waals surface area contributed by atoms with Crippen molar-refractivity contribution in [2.45, 2.75) is 61.2 Å². The lowest BCUT2D eigenvalue weighted by Crippen LogP contribution is -2.28.